The molecule has 0 aliphatic rings. The minimum atomic E-state index is -7.10. The standard InChI is InChI=1S/6CO.Cr/c6*1-2;/q;;;;;;+3. The Morgan fingerprint density at radius 3 is 0.615 bits per heavy atom. The van der Waals surface area contributed by atoms with Crippen LogP contribution in [0.2, 0.25) is 0 Å². The maximum atomic E-state index is 10.3. The van der Waals surface area contributed by atoms with Crippen LogP contribution < -0.4 is 0 Å². The van der Waals surface area contributed by atoms with Crippen LogP contribution in [0.15, 0.2) is 0 Å². The second-order valence-electron chi connectivity index (χ2n) is 2.03. The van der Waals surface area contributed by atoms with Gasteiger partial charge < -0.3 is 0 Å². The van der Waals surface area contributed by atoms with Crippen LogP contribution in [0.25, 0.3) is 0 Å². The van der Waals surface area contributed by atoms with Gasteiger partial charge in [-0.05, 0) is 0 Å². The van der Waals surface area contributed by atoms with Crippen molar-refractivity contribution in [2.45, 2.75) is 0 Å². The van der Waals surface area contributed by atoms with Gasteiger partial charge in [-0.1, -0.05) is 0 Å². The van der Waals surface area contributed by atoms with Gasteiger partial charge in [0.2, 0.25) is 0 Å². The van der Waals surface area contributed by atoms with Crippen LogP contribution in [0, 0.1) is 0 Å². The van der Waals surface area contributed by atoms with E-state index >= 15 is 0 Å². The van der Waals surface area contributed by atoms with E-state index in [2.05, 4.69) is 0 Å². The molecule has 6 nitrogen and oxygen atoms in total. The van der Waals surface area contributed by atoms with Crippen molar-refractivity contribution < 1.29 is 37.1 Å². The van der Waals surface area contributed by atoms with Gasteiger partial charge in [0.25, 0.3) is 0 Å². The summed E-state index contributed by atoms with van der Waals surface area (Å²) < 4.78 is 2.94. The third kappa shape index (κ3) is 0.819. The van der Waals surface area contributed by atoms with Crippen molar-refractivity contribution in [1.82, 2.24) is 0 Å². The first-order valence-corrected chi connectivity index (χ1v) is 6.27. The first kappa shape index (κ1) is 11.0. The summed E-state index contributed by atoms with van der Waals surface area (Å²) in [7, 11) is -7.10. The number of rotatable bonds is 0. The Morgan fingerprint density at radius 1 is 0.462 bits per heavy atom. The summed E-state index contributed by atoms with van der Waals surface area (Å²) in [5.74, 6) is 0. The molecule has 0 saturated heterocycles. The van der Waals surface area contributed by atoms with Gasteiger partial charge >= 0.3 is 65.6 Å². The molecule has 0 atom stereocenters. The van der Waals surface area contributed by atoms with Gasteiger partial charge in [-0.3, -0.25) is 0 Å². The van der Waals surface area contributed by atoms with Gasteiger partial charge in [-0.15, -0.1) is 0 Å². The number of hydrogen-bond donors (Lipinski definition) is 0. The molecule has 0 rings (SSSR count). The van der Waals surface area contributed by atoms with Gasteiger partial charge in [-0.25, -0.2) is 0 Å². The average Bonchev–Trinajstić information content (AvgIpc) is 2.26. The predicted octanol–water partition coefficient (Wildman–Crippen LogP) is -2.39. The molecule has 0 aromatic heterocycles. The van der Waals surface area contributed by atoms with E-state index in [0.29, 0.717) is 28.5 Å². The molecule has 0 heterocycles. The van der Waals surface area contributed by atoms with E-state index < -0.39 is 8.30 Å². The van der Waals surface area contributed by atoms with Crippen LogP contribution >= 0.6 is 0 Å². The molecule has 0 fully saturated rings. The fourth-order valence-corrected chi connectivity index (χ4v) is 1.05. The van der Waals surface area contributed by atoms with Gasteiger partial charge in [-0.2, -0.15) is 0 Å². The van der Waals surface area contributed by atoms with Gasteiger partial charge in [0.15, 0.2) is 0 Å². The Morgan fingerprint density at radius 2 is 0.615 bits per heavy atom. The van der Waals surface area contributed by atoms with E-state index in [1.54, 1.807) is 0 Å². The molecule has 0 unspecified atom stereocenters. The summed E-state index contributed by atoms with van der Waals surface area (Å²) in [6.07, 6.45) is 0. The summed E-state index contributed by atoms with van der Waals surface area (Å²) in [5.41, 5.74) is 0. The Hall–Kier alpha value is -1.99. The fourth-order valence-electron chi connectivity index (χ4n) is 0.255. The Labute approximate surface area is 66.1 Å². The van der Waals surface area contributed by atoms with Crippen molar-refractivity contribution >= 4 is 28.5 Å². The zero-order chi connectivity index (χ0) is 10.7. The monoisotopic (exact) mass is 220 g/mol. The molecule has 0 aliphatic carbocycles. The van der Waals surface area contributed by atoms with E-state index in [-0.39, 0.29) is 0 Å². The van der Waals surface area contributed by atoms with Crippen molar-refractivity contribution in [3.05, 3.63) is 0 Å². The van der Waals surface area contributed by atoms with Crippen molar-refractivity contribution in [1.29, 1.82) is 0 Å². The molecular weight excluding hydrogens is 220 g/mol. The minimum absolute atomic E-state index is 0.490. The molecule has 0 radical (unpaired) electrons. The zero-order valence-corrected chi connectivity index (χ0v) is 7.13. The molecule has 13 heavy (non-hydrogen) atoms. The molecule has 0 N–H and O–H groups in total. The van der Waals surface area contributed by atoms with E-state index in [1.165, 1.54) is 0 Å². The molecule has 0 amide bonds. The topological polar surface area (TPSA) is 102 Å². The Kier molecular flexibility index (Phi) is 1.91. The molecule has 0 aromatic rings. The first-order valence-electron chi connectivity index (χ1n) is 2.45. The van der Waals surface area contributed by atoms with Crippen LogP contribution in [0.5, 0.6) is 0 Å². The number of hydrogen-bond acceptors (Lipinski definition) is 6. The molecule has 0 aliphatic heterocycles. The summed E-state index contributed by atoms with van der Waals surface area (Å²) in [5, 5.41) is 0. The molecule has 0 spiro atoms. The third-order valence-electron chi connectivity index (χ3n) is 1.25. The van der Waals surface area contributed by atoms with E-state index in [0.717, 1.165) is 0 Å². The average molecular weight is 220 g/mol. The molecular formula is C6CrO6+3. The Bertz CT molecular complexity index is 786. The molecule has 63 valence electrons. The Balaban J connectivity index is 11.0. The van der Waals surface area contributed by atoms with Crippen molar-refractivity contribution in [2.24, 2.45) is 0 Å². The van der Waals surface area contributed by atoms with Gasteiger partial charge in [0.05, 0.1) is 0 Å². The summed E-state index contributed by atoms with van der Waals surface area (Å²) in [6.45, 7) is 0. The second kappa shape index (κ2) is 2.25. The van der Waals surface area contributed by atoms with E-state index in [1.807, 2.05) is 0 Å². The predicted molar refractivity (Wildman–Crippen MR) is 34.2 cm³/mol. The second-order valence-corrected chi connectivity index (χ2v) is 8.37. The van der Waals surface area contributed by atoms with Crippen LogP contribution in [0.4, 0.5) is 0 Å². The maximum absolute atomic E-state index is 10.3. The quantitative estimate of drug-likeness (QED) is 0.451. The number of carbonyl (C=O) groups excluding carboxylic acids is 6. The van der Waals surface area contributed by atoms with Crippen LogP contribution in [-0.4, -0.2) is 28.5 Å². The molecule has 0 aromatic carbocycles. The van der Waals surface area contributed by atoms with Crippen LogP contribution in [0.3, 0.4) is 0 Å². The van der Waals surface area contributed by atoms with E-state index in [9.17, 15) is 28.8 Å². The van der Waals surface area contributed by atoms with Crippen molar-refractivity contribution in [3.63, 3.8) is 0 Å². The summed E-state index contributed by atoms with van der Waals surface area (Å²) >= 11 is 0. The fraction of sp³-hybridized carbons (Fsp3) is 0. The van der Waals surface area contributed by atoms with Crippen LogP contribution in [-0.2, 0) is 37.1 Å². The van der Waals surface area contributed by atoms with Crippen molar-refractivity contribution in [3.8, 4) is 0 Å². The zero-order valence-electron chi connectivity index (χ0n) is 5.86. The molecule has 0 bridgehead atoms. The van der Waals surface area contributed by atoms with Gasteiger partial charge in [0, 0.05) is 0 Å². The summed E-state index contributed by atoms with van der Waals surface area (Å²) in [4.78, 5) is 61.6. The third-order valence-corrected chi connectivity index (χ3v) is 5.15. The summed E-state index contributed by atoms with van der Waals surface area (Å²) in [6, 6.07) is 0. The van der Waals surface area contributed by atoms with E-state index in [4.69, 9.17) is 0 Å². The SMILES string of the molecule is O=[C]=[Cr+3](=[C]=O)(=[C]=O)(=[C]=O)(=[C]=O)=[C]=O. The van der Waals surface area contributed by atoms with Crippen LogP contribution in [0.1, 0.15) is 0 Å². The normalized spacial score (nSPS) is 5.54. The molecule has 0 saturated carbocycles. The van der Waals surface area contributed by atoms with Gasteiger partial charge in [0.1, 0.15) is 0 Å². The molecule has 7 heteroatoms. The van der Waals surface area contributed by atoms with Crippen molar-refractivity contribution in [2.75, 3.05) is 0 Å². The first-order chi connectivity index (χ1) is 5.97.